The van der Waals surface area contributed by atoms with Crippen molar-refractivity contribution in [2.75, 3.05) is 37.3 Å². The minimum absolute atomic E-state index is 0.0244. The summed E-state index contributed by atoms with van der Waals surface area (Å²) in [5.41, 5.74) is 2.02. The van der Waals surface area contributed by atoms with Gasteiger partial charge in [0.2, 0.25) is 11.7 Å². The van der Waals surface area contributed by atoms with Gasteiger partial charge in [0.25, 0.3) is 0 Å². The van der Waals surface area contributed by atoms with Gasteiger partial charge in [0.05, 0.1) is 23.9 Å². The molecule has 1 aliphatic rings. The number of pyridine rings is 1. The fourth-order valence-electron chi connectivity index (χ4n) is 3.74. The highest BCUT2D eigenvalue weighted by atomic mass is 16.8. The van der Waals surface area contributed by atoms with Crippen molar-refractivity contribution in [1.29, 1.82) is 0 Å². The van der Waals surface area contributed by atoms with Gasteiger partial charge in [-0.2, -0.15) is 4.98 Å². The molecule has 2 aromatic heterocycles. The lowest BCUT2D eigenvalue weighted by Crippen LogP contribution is -2.23. The van der Waals surface area contributed by atoms with Crippen LogP contribution >= 0.6 is 0 Å². The summed E-state index contributed by atoms with van der Waals surface area (Å²) < 4.78 is 10.7. The lowest BCUT2D eigenvalue weighted by Gasteiger charge is -2.23. The molecule has 0 saturated carbocycles. The molecular weight excluding hydrogens is 400 g/mol. The first-order valence-corrected chi connectivity index (χ1v) is 10.2. The number of aromatic nitrogens is 3. The molecule has 1 saturated heterocycles. The monoisotopic (exact) mass is 425 g/mol. The number of nitrogens with one attached hydrogen (secondary N) is 1. The number of ether oxygens (including phenoxy) is 1. The van der Waals surface area contributed by atoms with Crippen molar-refractivity contribution >= 4 is 11.5 Å². The molecule has 31 heavy (non-hydrogen) atoms. The van der Waals surface area contributed by atoms with Gasteiger partial charge in [-0.3, -0.25) is 10.1 Å². The molecule has 0 aliphatic carbocycles. The maximum absolute atomic E-state index is 11.0. The Morgan fingerprint density at radius 1 is 1.32 bits per heavy atom. The molecule has 10 heteroatoms. The first-order valence-electron chi connectivity index (χ1n) is 10.2. The lowest BCUT2D eigenvalue weighted by atomic mass is 10.1. The Labute approximate surface area is 180 Å². The van der Waals surface area contributed by atoms with Crippen LogP contribution < -0.4 is 10.5 Å². The Morgan fingerprint density at radius 3 is 2.94 bits per heavy atom. The number of likely N-dealkylation sites (tertiary alicyclic amines) is 1. The molecule has 1 aliphatic heterocycles. The van der Waals surface area contributed by atoms with E-state index in [0.29, 0.717) is 37.2 Å². The van der Waals surface area contributed by atoms with Crippen molar-refractivity contribution in [1.82, 2.24) is 20.0 Å². The van der Waals surface area contributed by atoms with Crippen LogP contribution in [0.3, 0.4) is 0 Å². The topological polar surface area (TPSA) is 123 Å². The van der Waals surface area contributed by atoms with Crippen molar-refractivity contribution in [2.24, 2.45) is 0 Å². The third kappa shape index (κ3) is 5.00. The molecule has 164 valence electrons. The van der Waals surface area contributed by atoms with Gasteiger partial charge in [0.1, 0.15) is 5.82 Å². The zero-order valence-electron chi connectivity index (χ0n) is 17.3. The smallest absolute Gasteiger partial charge is 0.244 e. The quantitative estimate of drug-likeness (QED) is 0.390. The highest BCUT2D eigenvalue weighted by molar-refractivity contribution is 5.69. The van der Waals surface area contributed by atoms with Crippen LogP contribution in [-0.4, -0.2) is 52.0 Å². The summed E-state index contributed by atoms with van der Waals surface area (Å²) in [6.45, 7) is 2.79. The Kier molecular flexibility index (Phi) is 6.73. The normalized spacial score (nSPS) is 16.5. The van der Waals surface area contributed by atoms with E-state index in [4.69, 9.17) is 14.5 Å². The molecule has 1 atom stereocenters. The van der Waals surface area contributed by atoms with Crippen molar-refractivity contribution in [3.05, 3.63) is 59.3 Å². The molecule has 0 unspecified atom stereocenters. The predicted molar refractivity (Wildman–Crippen MR) is 114 cm³/mol. The Morgan fingerprint density at radius 2 is 2.16 bits per heavy atom. The molecule has 0 radical (unpaired) electrons. The van der Waals surface area contributed by atoms with Crippen molar-refractivity contribution in [3.8, 4) is 11.4 Å². The summed E-state index contributed by atoms with van der Waals surface area (Å²) in [5, 5.41) is 27.3. The second kappa shape index (κ2) is 9.84. The van der Waals surface area contributed by atoms with Crippen LogP contribution in [0, 0.1) is 5.21 Å². The van der Waals surface area contributed by atoms with Crippen molar-refractivity contribution in [2.45, 2.75) is 25.4 Å². The molecule has 2 N–H and O–H groups in total. The number of anilines is 2. The fourth-order valence-corrected chi connectivity index (χ4v) is 3.74. The maximum atomic E-state index is 11.0. The highest BCUT2D eigenvalue weighted by Crippen LogP contribution is 2.34. The minimum atomic E-state index is -0.140. The van der Waals surface area contributed by atoms with Crippen LogP contribution in [0.1, 0.15) is 30.3 Å². The van der Waals surface area contributed by atoms with Gasteiger partial charge >= 0.3 is 0 Å². The van der Waals surface area contributed by atoms with E-state index in [1.54, 1.807) is 25.4 Å². The molecule has 0 amide bonds. The van der Waals surface area contributed by atoms with Gasteiger partial charge < -0.3 is 25.0 Å². The molecule has 4 rings (SSSR count). The number of nitrogens with zero attached hydrogens (tertiary/aromatic N) is 5. The molecule has 0 spiro atoms. The molecule has 1 aromatic carbocycles. The lowest BCUT2D eigenvalue weighted by molar-refractivity contribution is 0.201. The van der Waals surface area contributed by atoms with Gasteiger partial charge in [-0.15, -0.1) is 0 Å². The average molecular weight is 425 g/mol. The van der Waals surface area contributed by atoms with Crippen LogP contribution in [0.15, 0.2) is 47.1 Å². The molecule has 3 heterocycles. The minimum Gasteiger partial charge on any atom is -0.733 e. The van der Waals surface area contributed by atoms with E-state index in [0.717, 1.165) is 30.5 Å². The SMILES string of the molecule is COCCNc1ncccc1-c1noc([C@@H]2CCCN2Cc2ccc(N([O-])O)cc2)n1. The highest BCUT2D eigenvalue weighted by Gasteiger charge is 2.31. The van der Waals surface area contributed by atoms with Gasteiger partial charge in [-0.05, 0) is 49.2 Å². The first kappa shape index (κ1) is 21.2. The summed E-state index contributed by atoms with van der Waals surface area (Å²) in [6, 6.07) is 10.6. The van der Waals surface area contributed by atoms with Crippen LogP contribution in [-0.2, 0) is 11.3 Å². The van der Waals surface area contributed by atoms with Gasteiger partial charge in [-0.25, -0.2) is 4.98 Å². The van der Waals surface area contributed by atoms with Gasteiger partial charge in [0, 0.05) is 26.4 Å². The van der Waals surface area contributed by atoms with E-state index in [-0.39, 0.29) is 17.0 Å². The van der Waals surface area contributed by atoms with Gasteiger partial charge in [0.15, 0.2) is 0 Å². The summed E-state index contributed by atoms with van der Waals surface area (Å²) in [5.74, 6) is 1.76. The zero-order chi connectivity index (χ0) is 21.6. The summed E-state index contributed by atoms with van der Waals surface area (Å²) in [4.78, 5) is 11.3. The summed E-state index contributed by atoms with van der Waals surface area (Å²) >= 11 is 0. The average Bonchev–Trinajstić information content (AvgIpc) is 3.44. The van der Waals surface area contributed by atoms with E-state index in [9.17, 15) is 5.21 Å². The van der Waals surface area contributed by atoms with Crippen LogP contribution in [0.2, 0.25) is 0 Å². The fraction of sp³-hybridized carbons (Fsp3) is 0.381. The Hall–Kier alpha value is -3.05. The molecule has 0 bridgehead atoms. The maximum Gasteiger partial charge on any atom is 0.244 e. The van der Waals surface area contributed by atoms with Gasteiger partial charge in [-0.1, -0.05) is 17.3 Å². The third-order valence-corrected chi connectivity index (χ3v) is 5.28. The summed E-state index contributed by atoms with van der Waals surface area (Å²) in [7, 11) is 1.65. The number of methoxy groups -OCH3 is 1. The second-order valence-corrected chi connectivity index (χ2v) is 7.34. The number of benzene rings is 1. The Balaban J connectivity index is 1.48. The van der Waals surface area contributed by atoms with Crippen LogP contribution in [0.25, 0.3) is 11.4 Å². The van der Waals surface area contributed by atoms with Crippen molar-refractivity contribution < 1.29 is 14.5 Å². The predicted octanol–water partition coefficient (Wildman–Crippen LogP) is 3.22. The van der Waals surface area contributed by atoms with E-state index in [1.807, 2.05) is 24.3 Å². The molecule has 1 fully saturated rings. The summed E-state index contributed by atoms with van der Waals surface area (Å²) in [6.07, 6.45) is 3.67. The van der Waals surface area contributed by atoms with E-state index in [1.165, 1.54) is 0 Å². The largest absolute Gasteiger partial charge is 0.733 e. The van der Waals surface area contributed by atoms with E-state index < -0.39 is 0 Å². The van der Waals surface area contributed by atoms with Crippen molar-refractivity contribution in [3.63, 3.8) is 0 Å². The molecule has 10 nitrogen and oxygen atoms in total. The molecular formula is C21H25N6O4-. The number of hydrogen-bond donors (Lipinski definition) is 2. The van der Waals surface area contributed by atoms with E-state index in [2.05, 4.69) is 25.3 Å². The Bertz CT molecular complexity index is 978. The number of hydrogen-bond acceptors (Lipinski definition) is 10. The third-order valence-electron chi connectivity index (χ3n) is 5.28. The second-order valence-electron chi connectivity index (χ2n) is 7.34. The number of rotatable bonds is 9. The molecule has 3 aromatic rings. The van der Waals surface area contributed by atoms with Crippen LogP contribution in [0.4, 0.5) is 11.5 Å². The zero-order valence-corrected chi connectivity index (χ0v) is 17.3. The first-order chi connectivity index (χ1) is 15.2. The van der Waals surface area contributed by atoms with Crippen LogP contribution in [0.5, 0.6) is 0 Å². The van der Waals surface area contributed by atoms with E-state index >= 15 is 0 Å². The standard InChI is InChI=1S/C21H25N6O4/c1-30-13-11-23-19-17(4-2-10-22-19)20-24-21(31-25-20)18-5-3-12-26(18)14-15-6-8-16(9-7-15)27(28)29/h2,4,6-10,18,28H,3,5,11-14H2,1H3,(H,22,23)/q-1/t18-/m0/s1.